The first-order valence-electron chi connectivity index (χ1n) is 9.02. The minimum absolute atomic E-state index is 0.0550. The van der Waals surface area contributed by atoms with Gasteiger partial charge in [-0.2, -0.15) is 5.10 Å². The zero-order valence-electron chi connectivity index (χ0n) is 15.6. The molecule has 0 spiro atoms. The summed E-state index contributed by atoms with van der Waals surface area (Å²) in [4.78, 5) is 24.8. The molecular formula is C22H16ClN3O3S. The second kappa shape index (κ2) is 8.52. The minimum Gasteiger partial charge on any atom is -0.507 e. The highest BCUT2D eigenvalue weighted by Crippen LogP contribution is 2.34. The molecule has 0 unspecified atom stereocenters. The first-order chi connectivity index (χ1) is 14.5. The number of hydrogen-bond acceptors (Lipinski definition) is 5. The van der Waals surface area contributed by atoms with Crippen LogP contribution in [0.4, 0.5) is 0 Å². The van der Waals surface area contributed by atoms with Crippen molar-refractivity contribution in [2.24, 2.45) is 5.10 Å². The average molecular weight is 438 g/mol. The van der Waals surface area contributed by atoms with Gasteiger partial charge < -0.3 is 10.4 Å². The van der Waals surface area contributed by atoms with E-state index in [0.717, 1.165) is 20.9 Å². The number of benzene rings is 3. The Morgan fingerprint density at radius 3 is 2.57 bits per heavy atom. The summed E-state index contributed by atoms with van der Waals surface area (Å²) >= 11 is 7.55. The molecule has 3 aromatic carbocycles. The Balaban J connectivity index is 1.39. The third-order valence-electron chi connectivity index (χ3n) is 4.48. The number of nitrogens with one attached hydrogen (secondary N) is 2. The number of phenolic OH excluding ortho intramolecular Hbond substituents is 1. The summed E-state index contributed by atoms with van der Waals surface area (Å²) in [5.74, 6) is -0.872. The molecule has 150 valence electrons. The van der Waals surface area contributed by atoms with Crippen molar-refractivity contribution in [3.63, 3.8) is 0 Å². The van der Waals surface area contributed by atoms with E-state index in [9.17, 15) is 14.7 Å². The number of rotatable bonds is 5. The van der Waals surface area contributed by atoms with Gasteiger partial charge in [-0.3, -0.25) is 9.59 Å². The van der Waals surface area contributed by atoms with Gasteiger partial charge in [0.15, 0.2) is 0 Å². The number of phenols is 1. The molecule has 1 aromatic heterocycles. The molecule has 2 amide bonds. The van der Waals surface area contributed by atoms with Gasteiger partial charge >= 0.3 is 0 Å². The second-order valence-corrected chi connectivity index (χ2v) is 7.87. The van der Waals surface area contributed by atoms with E-state index in [1.54, 1.807) is 12.1 Å². The molecule has 8 heteroatoms. The number of carbonyl (C=O) groups is 2. The number of hydrazone groups is 1. The quantitative estimate of drug-likeness (QED) is 0.321. The Morgan fingerprint density at radius 2 is 1.77 bits per heavy atom. The fraction of sp³-hybridized carbons (Fsp3) is 0.0455. The van der Waals surface area contributed by atoms with Gasteiger partial charge in [0.1, 0.15) is 10.6 Å². The lowest BCUT2D eigenvalue weighted by atomic mass is 10.0. The van der Waals surface area contributed by atoms with Crippen molar-refractivity contribution in [2.75, 3.05) is 6.54 Å². The molecule has 0 saturated heterocycles. The lowest BCUT2D eigenvalue weighted by molar-refractivity contribution is -0.120. The molecule has 6 nitrogen and oxygen atoms in total. The van der Waals surface area contributed by atoms with Crippen molar-refractivity contribution in [1.29, 1.82) is 0 Å². The van der Waals surface area contributed by atoms with Crippen molar-refractivity contribution in [3.8, 4) is 5.75 Å². The minimum atomic E-state index is -0.503. The lowest BCUT2D eigenvalue weighted by Gasteiger charge is -2.05. The van der Waals surface area contributed by atoms with Crippen molar-refractivity contribution < 1.29 is 14.7 Å². The van der Waals surface area contributed by atoms with Gasteiger partial charge in [-0.1, -0.05) is 60.1 Å². The Hall–Kier alpha value is -3.42. The fourth-order valence-electron chi connectivity index (χ4n) is 3.03. The largest absolute Gasteiger partial charge is 0.507 e. The monoisotopic (exact) mass is 437 g/mol. The van der Waals surface area contributed by atoms with E-state index in [1.165, 1.54) is 17.6 Å². The molecule has 0 fully saturated rings. The van der Waals surface area contributed by atoms with Gasteiger partial charge in [0.05, 0.1) is 17.8 Å². The van der Waals surface area contributed by atoms with Crippen LogP contribution in [0.1, 0.15) is 15.2 Å². The second-order valence-electron chi connectivity index (χ2n) is 6.44. The maximum absolute atomic E-state index is 12.4. The molecule has 3 N–H and O–H groups in total. The summed E-state index contributed by atoms with van der Waals surface area (Å²) in [5.41, 5.74) is 2.84. The van der Waals surface area contributed by atoms with Gasteiger partial charge in [-0.25, -0.2) is 5.43 Å². The molecule has 0 atom stereocenters. The molecule has 1 heterocycles. The summed E-state index contributed by atoms with van der Waals surface area (Å²) in [6, 6.07) is 18.3. The third kappa shape index (κ3) is 3.98. The highest BCUT2D eigenvalue weighted by Gasteiger charge is 2.17. The maximum Gasteiger partial charge on any atom is 0.263 e. The van der Waals surface area contributed by atoms with Crippen LogP contribution in [0.3, 0.4) is 0 Å². The van der Waals surface area contributed by atoms with E-state index in [4.69, 9.17) is 11.6 Å². The number of hydrogen-bond donors (Lipinski definition) is 3. The summed E-state index contributed by atoms with van der Waals surface area (Å²) in [7, 11) is 0. The summed E-state index contributed by atoms with van der Waals surface area (Å²) < 4.78 is 0.900. The number of thiophene rings is 1. The SMILES string of the molecule is O=C(CNC(=O)c1sc2ccccc2c1Cl)N/N=C/c1c(O)ccc2ccccc12. The van der Waals surface area contributed by atoms with Crippen LogP contribution in [-0.4, -0.2) is 29.7 Å². The fourth-order valence-corrected chi connectivity index (χ4v) is 4.46. The van der Waals surface area contributed by atoms with Crippen LogP contribution in [0.5, 0.6) is 5.75 Å². The van der Waals surface area contributed by atoms with Crippen molar-refractivity contribution >= 4 is 61.8 Å². The zero-order chi connectivity index (χ0) is 21.1. The molecule has 0 aliphatic rings. The van der Waals surface area contributed by atoms with E-state index in [-0.39, 0.29) is 12.3 Å². The third-order valence-corrected chi connectivity index (χ3v) is 6.16. The van der Waals surface area contributed by atoms with E-state index in [2.05, 4.69) is 15.8 Å². The van der Waals surface area contributed by atoms with Gasteiger partial charge in [0.2, 0.25) is 0 Å². The van der Waals surface area contributed by atoms with E-state index in [0.29, 0.717) is 15.5 Å². The van der Waals surface area contributed by atoms with Gasteiger partial charge in [0, 0.05) is 15.6 Å². The zero-order valence-corrected chi connectivity index (χ0v) is 17.1. The Labute approximate surface area is 180 Å². The topological polar surface area (TPSA) is 90.8 Å². The van der Waals surface area contributed by atoms with Crippen LogP contribution in [0, 0.1) is 0 Å². The van der Waals surface area contributed by atoms with E-state index >= 15 is 0 Å². The number of halogens is 1. The summed E-state index contributed by atoms with van der Waals surface area (Å²) in [6.45, 7) is -0.262. The van der Waals surface area contributed by atoms with Crippen LogP contribution < -0.4 is 10.7 Å². The van der Waals surface area contributed by atoms with Gasteiger partial charge in [-0.05, 0) is 22.9 Å². The molecule has 30 heavy (non-hydrogen) atoms. The van der Waals surface area contributed by atoms with E-state index < -0.39 is 11.8 Å². The van der Waals surface area contributed by atoms with Gasteiger partial charge in [0.25, 0.3) is 11.8 Å². The molecule has 0 radical (unpaired) electrons. The number of nitrogens with zero attached hydrogens (tertiary/aromatic N) is 1. The molecule has 0 aliphatic carbocycles. The molecule has 0 bridgehead atoms. The van der Waals surface area contributed by atoms with Crippen molar-refractivity contribution in [1.82, 2.24) is 10.7 Å². The predicted octanol–water partition coefficient (Wildman–Crippen LogP) is 4.29. The Kier molecular flexibility index (Phi) is 5.65. The highest BCUT2D eigenvalue weighted by atomic mass is 35.5. The number of amides is 2. The molecule has 0 aliphatic heterocycles. The number of aromatic hydroxyl groups is 1. The van der Waals surface area contributed by atoms with Crippen LogP contribution in [0.15, 0.2) is 65.8 Å². The number of carbonyl (C=O) groups excluding carboxylic acids is 2. The van der Waals surface area contributed by atoms with Crippen LogP contribution >= 0.6 is 22.9 Å². The van der Waals surface area contributed by atoms with Crippen LogP contribution in [0.25, 0.3) is 20.9 Å². The lowest BCUT2D eigenvalue weighted by Crippen LogP contribution is -2.34. The normalized spacial score (nSPS) is 11.2. The molecule has 4 aromatic rings. The molecule has 0 saturated carbocycles. The van der Waals surface area contributed by atoms with Crippen molar-refractivity contribution in [3.05, 3.63) is 76.1 Å². The van der Waals surface area contributed by atoms with Crippen LogP contribution in [0.2, 0.25) is 5.02 Å². The molecular weight excluding hydrogens is 422 g/mol. The first-order valence-corrected chi connectivity index (χ1v) is 10.2. The summed E-state index contributed by atoms with van der Waals surface area (Å²) in [6.07, 6.45) is 1.38. The summed E-state index contributed by atoms with van der Waals surface area (Å²) in [5, 5.41) is 19.5. The van der Waals surface area contributed by atoms with Gasteiger partial charge in [-0.15, -0.1) is 11.3 Å². The molecule has 4 rings (SSSR count). The van der Waals surface area contributed by atoms with E-state index in [1.807, 2.05) is 48.5 Å². The highest BCUT2D eigenvalue weighted by molar-refractivity contribution is 7.21. The Bertz CT molecular complexity index is 1300. The first kappa shape index (κ1) is 19.9. The van der Waals surface area contributed by atoms with Crippen molar-refractivity contribution in [2.45, 2.75) is 0 Å². The Morgan fingerprint density at radius 1 is 1.03 bits per heavy atom. The van der Waals surface area contributed by atoms with Crippen LogP contribution in [-0.2, 0) is 4.79 Å². The number of fused-ring (bicyclic) bond motifs is 2. The smallest absolute Gasteiger partial charge is 0.263 e. The average Bonchev–Trinajstić information content (AvgIpc) is 3.10. The predicted molar refractivity (Wildman–Crippen MR) is 121 cm³/mol. The maximum atomic E-state index is 12.4. The standard InChI is InChI=1S/C22H16ClN3O3S/c23-20-15-7-3-4-8-18(15)30-21(20)22(29)24-12-19(28)26-25-11-16-14-6-2-1-5-13(14)9-10-17(16)27/h1-11,27H,12H2,(H,24,29)(H,26,28)/b25-11+.